The average molecular weight is 350 g/mol. The molecule has 0 aromatic carbocycles. The Hall–Kier alpha value is -1.14. The van der Waals surface area contributed by atoms with Gasteiger partial charge in [0.05, 0.1) is 5.75 Å². The molecular weight excluding hydrogens is 326 g/mol. The lowest BCUT2D eigenvalue weighted by atomic mass is 10.0. The van der Waals surface area contributed by atoms with Gasteiger partial charge in [0.25, 0.3) is 0 Å². The maximum absolute atomic E-state index is 12.6. The number of piperidine rings is 1. The Balaban J connectivity index is 1.74. The fourth-order valence-electron chi connectivity index (χ4n) is 3.23. The Morgan fingerprint density at radius 1 is 1.39 bits per heavy atom. The fourth-order valence-corrected chi connectivity index (χ4v) is 5.23. The summed E-state index contributed by atoms with van der Waals surface area (Å²) in [6.07, 6.45) is 6.19. The Bertz CT molecular complexity index is 713. The molecule has 1 atom stereocenters. The number of thiophene rings is 1. The summed E-state index contributed by atoms with van der Waals surface area (Å²) in [6, 6.07) is 0.424. The minimum atomic E-state index is 0.248. The molecule has 0 bridgehead atoms. The predicted molar refractivity (Wildman–Crippen MR) is 97.3 cm³/mol. The monoisotopic (exact) mass is 349 g/mol. The molecule has 1 fully saturated rings. The molecule has 1 unspecified atom stereocenters. The standard InChI is InChI=1S/C17H23N3OS2/c1-4-13-7-5-6-8-20(13)14(21)9-22-16-15-11(2)12(3)23-17(15)19-10-18-16/h10,13H,4-9H2,1-3H3. The van der Waals surface area contributed by atoms with Crippen LogP contribution in [0.25, 0.3) is 10.2 Å². The van der Waals surface area contributed by atoms with Gasteiger partial charge in [0.15, 0.2) is 0 Å². The number of aryl methyl sites for hydroxylation is 2. The summed E-state index contributed by atoms with van der Waals surface area (Å²) < 4.78 is 0. The predicted octanol–water partition coefficient (Wildman–Crippen LogP) is 4.19. The molecule has 0 spiro atoms. The summed E-state index contributed by atoms with van der Waals surface area (Å²) in [6.45, 7) is 7.31. The first-order valence-electron chi connectivity index (χ1n) is 8.24. The lowest BCUT2D eigenvalue weighted by Gasteiger charge is -2.35. The maximum Gasteiger partial charge on any atom is 0.233 e. The Labute approximate surface area is 145 Å². The molecule has 4 nitrogen and oxygen atoms in total. The zero-order chi connectivity index (χ0) is 16.4. The highest BCUT2D eigenvalue weighted by Crippen LogP contribution is 2.34. The van der Waals surface area contributed by atoms with Gasteiger partial charge in [-0.05, 0) is 45.1 Å². The number of nitrogens with zero attached hydrogens (tertiary/aromatic N) is 3. The molecule has 1 amide bonds. The molecule has 1 aliphatic heterocycles. The van der Waals surface area contributed by atoms with Crippen LogP contribution in [0.15, 0.2) is 11.4 Å². The SMILES string of the molecule is CCC1CCCCN1C(=O)CSc1ncnc2sc(C)c(C)c12. The van der Waals surface area contributed by atoms with E-state index in [4.69, 9.17) is 0 Å². The lowest BCUT2D eigenvalue weighted by Crippen LogP contribution is -2.44. The number of carbonyl (C=O) groups is 1. The Morgan fingerprint density at radius 2 is 2.22 bits per heavy atom. The van der Waals surface area contributed by atoms with Crippen LogP contribution in [0.1, 0.15) is 43.0 Å². The second-order valence-electron chi connectivity index (χ2n) is 6.08. The second kappa shape index (κ2) is 7.18. The van der Waals surface area contributed by atoms with Gasteiger partial charge in [0, 0.05) is 22.8 Å². The van der Waals surface area contributed by atoms with Crippen molar-refractivity contribution >= 4 is 39.2 Å². The minimum Gasteiger partial charge on any atom is -0.339 e. The van der Waals surface area contributed by atoms with Gasteiger partial charge in [-0.25, -0.2) is 9.97 Å². The molecule has 0 radical (unpaired) electrons. The van der Waals surface area contributed by atoms with Crippen molar-refractivity contribution in [2.24, 2.45) is 0 Å². The summed E-state index contributed by atoms with van der Waals surface area (Å²) in [5.41, 5.74) is 1.24. The first-order chi connectivity index (χ1) is 11.1. The van der Waals surface area contributed by atoms with E-state index >= 15 is 0 Å². The van der Waals surface area contributed by atoms with Crippen LogP contribution in [0.2, 0.25) is 0 Å². The maximum atomic E-state index is 12.6. The van der Waals surface area contributed by atoms with Crippen LogP contribution in [-0.4, -0.2) is 39.1 Å². The molecule has 124 valence electrons. The molecular formula is C17H23N3OS2. The molecule has 0 N–H and O–H groups in total. The van der Waals surface area contributed by atoms with Gasteiger partial charge in [-0.1, -0.05) is 18.7 Å². The van der Waals surface area contributed by atoms with E-state index in [1.807, 2.05) is 0 Å². The van der Waals surface area contributed by atoms with Crippen LogP contribution in [0.4, 0.5) is 0 Å². The highest BCUT2D eigenvalue weighted by atomic mass is 32.2. The van der Waals surface area contributed by atoms with Crippen LogP contribution in [0.5, 0.6) is 0 Å². The first-order valence-corrected chi connectivity index (χ1v) is 10.0. The zero-order valence-electron chi connectivity index (χ0n) is 14.0. The lowest BCUT2D eigenvalue weighted by molar-refractivity contribution is -0.132. The molecule has 0 saturated carbocycles. The van der Waals surface area contributed by atoms with Gasteiger partial charge in [-0.2, -0.15) is 0 Å². The van der Waals surface area contributed by atoms with E-state index in [1.165, 1.54) is 16.9 Å². The molecule has 2 aromatic rings. The molecule has 23 heavy (non-hydrogen) atoms. The third-order valence-corrected chi connectivity index (χ3v) is 6.77. The van der Waals surface area contributed by atoms with E-state index in [2.05, 4.69) is 35.6 Å². The normalized spacial score (nSPS) is 18.6. The van der Waals surface area contributed by atoms with E-state index in [1.54, 1.807) is 29.4 Å². The molecule has 2 aromatic heterocycles. The second-order valence-corrected chi connectivity index (χ2v) is 8.24. The third kappa shape index (κ3) is 3.38. The summed E-state index contributed by atoms with van der Waals surface area (Å²) in [5, 5.41) is 2.06. The zero-order valence-corrected chi connectivity index (χ0v) is 15.6. The van der Waals surface area contributed by atoms with Gasteiger partial charge < -0.3 is 4.90 Å². The summed E-state index contributed by atoms with van der Waals surface area (Å²) >= 11 is 3.26. The van der Waals surface area contributed by atoms with E-state index in [-0.39, 0.29) is 5.91 Å². The van der Waals surface area contributed by atoms with E-state index in [0.717, 1.165) is 41.0 Å². The van der Waals surface area contributed by atoms with E-state index in [0.29, 0.717) is 11.8 Å². The van der Waals surface area contributed by atoms with E-state index < -0.39 is 0 Å². The van der Waals surface area contributed by atoms with Crippen molar-refractivity contribution in [3.05, 3.63) is 16.8 Å². The average Bonchev–Trinajstić information content (AvgIpc) is 2.87. The van der Waals surface area contributed by atoms with Crippen LogP contribution < -0.4 is 0 Å². The summed E-state index contributed by atoms with van der Waals surface area (Å²) in [5.74, 6) is 0.717. The molecule has 1 saturated heterocycles. The van der Waals surface area contributed by atoms with Crippen LogP contribution >= 0.6 is 23.1 Å². The Morgan fingerprint density at radius 3 is 3.00 bits per heavy atom. The highest BCUT2D eigenvalue weighted by Gasteiger charge is 2.25. The van der Waals surface area contributed by atoms with Crippen molar-refractivity contribution < 1.29 is 4.79 Å². The number of carbonyl (C=O) groups excluding carboxylic acids is 1. The Kier molecular flexibility index (Phi) is 5.21. The number of amides is 1. The highest BCUT2D eigenvalue weighted by molar-refractivity contribution is 8.00. The van der Waals surface area contributed by atoms with Gasteiger partial charge in [0.1, 0.15) is 16.2 Å². The van der Waals surface area contributed by atoms with Crippen molar-refractivity contribution in [3.63, 3.8) is 0 Å². The van der Waals surface area contributed by atoms with Gasteiger partial charge in [0.2, 0.25) is 5.91 Å². The van der Waals surface area contributed by atoms with Crippen molar-refractivity contribution in [2.75, 3.05) is 12.3 Å². The van der Waals surface area contributed by atoms with Crippen LogP contribution in [-0.2, 0) is 4.79 Å². The third-order valence-electron chi connectivity index (χ3n) is 4.68. The smallest absolute Gasteiger partial charge is 0.233 e. The number of likely N-dealkylation sites (tertiary alicyclic amines) is 1. The number of hydrogen-bond donors (Lipinski definition) is 0. The molecule has 6 heteroatoms. The van der Waals surface area contributed by atoms with Crippen molar-refractivity contribution in [1.82, 2.24) is 14.9 Å². The largest absolute Gasteiger partial charge is 0.339 e. The minimum absolute atomic E-state index is 0.248. The fraction of sp³-hybridized carbons (Fsp3) is 0.588. The summed E-state index contributed by atoms with van der Waals surface area (Å²) in [7, 11) is 0. The number of rotatable bonds is 4. The topological polar surface area (TPSA) is 46.1 Å². The number of fused-ring (bicyclic) bond motifs is 1. The molecule has 3 heterocycles. The number of aromatic nitrogens is 2. The number of hydrogen-bond acceptors (Lipinski definition) is 5. The summed E-state index contributed by atoms with van der Waals surface area (Å²) in [4.78, 5) is 25.8. The number of thioether (sulfide) groups is 1. The quantitative estimate of drug-likeness (QED) is 0.613. The molecule has 3 rings (SSSR count). The first kappa shape index (κ1) is 16.7. The van der Waals surface area contributed by atoms with E-state index in [9.17, 15) is 4.79 Å². The van der Waals surface area contributed by atoms with Crippen LogP contribution in [0, 0.1) is 13.8 Å². The van der Waals surface area contributed by atoms with Gasteiger partial charge in [-0.15, -0.1) is 11.3 Å². The molecule has 1 aliphatic rings. The molecule has 0 aliphatic carbocycles. The van der Waals surface area contributed by atoms with Crippen LogP contribution in [0.3, 0.4) is 0 Å². The van der Waals surface area contributed by atoms with Crippen molar-refractivity contribution in [1.29, 1.82) is 0 Å². The van der Waals surface area contributed by atoms with Crippen molar-refractivity contribution in [2.45, 2.75) is 57.5 Å². The van der Waals surface area contributed by atoms with Gasteiger partial charge >= 0.3 is 0 Å². The van der Waals surface area contributed by atoms with Crippen molar-refractivity contribution in [3.8, 4) is 0 Å². The van der Waals surface area contributed by atoms with Gasteiger partial charge in [-0.3, -0.25) is 4.79 Å².